The van der Waals surface area contributed by atoms with Gasteiger partial charge in [0, 0.05) is 0 Å². The van der Waals surface area contributed by atoms with E-state index in [1.807, 2.05) is 0 Å². The molecule has 0 aliphatic carbocycles. The number of amides is 1. The largest absolute Gasteiger partial charge is 1.00 e. The van der Waals surface area contributed by atoms with E-state index >= 15 is 0 Å². The molecule has 0 heterocycles. The van der Waals surface area contributed by atoms with Crippen molar-refractivity contribution in [3.05, 3.63) is 0 Å². The van der Waals surface area contributed by atoms with Crippen LogP contribution < -0.4 is 73.0 Å². The molecule has 1 amide bonds. The first-order chi connectivity index (χ1) is 3.41. The maximum atomic E-state index is 9.16. The summed E-state index contributed by atoms with van der Waals surface area (Å²) in [5.74, 6) is 0. The van der Waals surface area contributed by atoms with Gasteiger partial charge in [-0.25, -0.2) is 0 Å². The van der Waals surface area contributed by atoms with Crippen LogP contribution in [0.15, 0.2) is 0 Å². The Kier molecular flexibility index (Phi) is 30.2. The minimum absolute atomic E-state index is 0. The van der Waals surface area contributed by atoms with Crippen LogP contribution in [0.5, 0.6) is 0 Å². The van der Waals surface area contributed by atoms with Gasteiger partial charge in [-0.2, -0.15) is 0 Å². The van der Waals surface area contributed by atoms with E-state index in [-0.39, 0.29) is 65.5 Å². The molecule has 5 nitrogen and oxygen atoms in total. The van der Waals surface area contributed by atoms with Crippen LogP contribution in [0.25, 0.3) is 0 Å². The van der Waals surface area contributed by atoms with E-state index in [2.05, 4.69) is 5.73 Å². The molecule has 0 atom stereocenters. The predicted molar refractivity (Wildman–Crippen MR) is 22.6 cm³/mol. The molecule has 0 aromatic rings. The van der Waals surface area contributed by atoms with Gasteiger partial charge in [-0.1, -0.05) is 0 Å². The number of nitrogens with two attached hydrogens (primary N) is 1. The van der Waals surface area contributed by atoms with Crippen molar-refractivity contribution < 1.29 is 75.8 Å². The summed E-state index contributed by atoms with van der Waals surface area (Å²) < 4.78 is 27.5. The Balaban J connectivity index is -0.0000000326. The fourth-order valence-corrected chi connectivity index (χ4v) is 0. The molecule has 0 aliphatic heterocycles. The molecule has 10 heavy (non-hydrogen) atoms. The molecule has 0 saturated heterocycles. The van der Waals surface area contributed by atoms with Crippen molar-refractivity contribution in [2.24, 2.45) is 5.73 Å². The summed E-state index contributed by atoms with van der Waals surface area (Å²) in [5, 5.41) is 0. The first-order valence-corrected chi connectivity index (χ1v) is 5.74. The van der Waals surface area contributed by atoms with Crippen molar-refractivity contribution in [1.29, 1.82) is 0 Å². The summed E-state index contributed by atoms with van der Waals surface area (Å²) in [6, 6.07) is 0. The van der Waals surface area contributed by atoms with Crippen LogP contribution in [-0.4, -0.2) is 20.6 Å². The molecule has 0 rings (SSSR count). The van der Waals surface area contributed by atoms with E-state index < -0.39 is 14.2 Å². The topological polar surface area (TPSA) is 106 Å². The molecule has 50 valence electrons. The molecule has 0 fully saturated rings. The van der Waals surface area contributed by atoms with Crippen LogP contribution >= 0.6 is 0 Å². The Bertz CT molecular complexity index is 95.2. The smallest absolute Gasteiger partial charge is 0.372 e. The molecule has 0 aliphatic rings. The van der Waals surface area contributed by atoms with E-state index in [1.165, 1.54) is 0 Å². The van der Waals surface area contributed by atoms with Gasteiger partial charge in [-0.05, 0) is 0 Å². The van der Waals surface area contributed by atoms with Gasteiger partial charge in [0.05, 0.1) is 0 Å². The first kappa shape index (κ1) is 22.6. The molecule has 2 N–H and O–H groups in total. The Morgan fingerprint density at radius 1 is 1.40 bits per heavy atom. The first-order valence-electron chi connectivity index (χ1n) is 1.56. The Labute approximate surface area is 106 Å². The van der Waals surface area contributed by atoms with Crippen molar-refractivity contribution in [3.8, 4) is 0 Å². The van der Waals surface area contributed by atoms with Crippen LogP contribution in [0.4, 0.5) is 0 Å². The van der Waals surface area contributed by atoms with Gasteiger partial charge in [0.25, 0.3) is 0 Å². The zero-order chi connectivity index (χ0) is 7.21. The second-order valence-electron chi connectivity index (χ2n) is 0.907. The summed E-state index contributed by atoms with van der Waals surface area (Å²) in [6.45, 7) is 0. The molecule has 0 saturated carbocycles. The summed E-state index contributed by atoms with van der Waals surface area (Å²) in [7, 11) is 0. The zero-order valence-corrected chi connectivity index (χ0v) is 12.1. The Hall–Kier alpha value is 1.75. The van der Waals surface area contributed by atoms with Gasteiger partial charge in [-0.3, -0.25) is 4.79 Å². The number of primary amides is 1. The Morgan fingerprint density at radius 3 is 1.40 bits per heavy atom. The molecular formula is C2H6AsNNa2O4. The second kappa shape index (κ2) is 13.3. The van der Waals surface area contributed by atoms with Crippen molar-refractivity contribution in [1.82, 2.24) is 0 Å². The minimum atomic E-state index is -4.62. The molecule has 0 spiro atoms. The minimum Gasteiger partial charge on any atom is -0.372 e. The second-order valence-corrected chi connectivity index (χ2v) is 4.14. The number of rotatable bonds is 0. The molecule has 0 bridgehead atoms. The summed E-state index contributed by atoms with van der Waals surface area (Å²) in [6.07, 6.45) is 0.250. The van der Waals surface area contributed by atoms with E-state index in [9.17, 15) is 0 Å². The van der Waals surface area contributed by atoms with E-state index in [0.717, 1.165) is 0 Å². The maximum Gasteiger partial charge on any atom is 1.00 e. The van der Waals surface area contributed by atoms with Crippen LogP contribution in [0.1, 0.15) is 0 Å². The molecule has 0 unspecified atom stereocenters. The molecule has 0 radical (unpaired) electrons. The average Bonchev–Trinajstić information content (AvgIpc) is 1.27. The summed E-state index contributed by atoms with van der Waals surface area (Å²) in [4.78, 5) is 8.58. The number of hydrogen-bond acceptors (Lipinski definition) is 4. The van der Waals surface area contributed by atoms with Gasteiger partial charge in [-0.15, -0.1) is 0 Å². The van der Waals surface area contributed by atoms with Gasteiger partial charge >= 0.3 is 90.9 Å². The third-order valence-corrected chi connectivity index (χ3v) is 0. The predicted octanol–water partition coefficient (Wildman–Crippen LogP) is -9.18. The molecule has 0 aromatic heterocycles. The van der Waals surface area contributed by atoms with Gasteiger partial charge in [0.2, 0.25) is 6.41 Å². The summed E-state index contributed by atoms with van der Waals surface area (Å²) in [5.41, 5.74) is 4.86. The van der Waals surface area contributed by atoms with Gasteiger partial charge in [0.15, 0.2) is 0 Å². The molecule has 8 heteroatoms. The van der Waals surface area contributed by atoms with E-state index in [0.29, 0.717) is 5.71 Å². The number of carbonyl (C=O) groups excluding carboxylic acids is 1. The van der Waals surface area contributed by atoms with E-state index in [4.69, 9.17) is 16.7 Å². The average molecular weight is 229 g/mol. The normalized spacial score (nSPS) is 7.10. The Morgan fingerprint density at radius 2 is 1.40 bits per heavy atom. The van der Waals surface area contributed by atoms with Crippen molar-refractivity contribution >= 4 is 20.6 Å². The van der Waals surface area contributed by atoms with E-state index in [1.54, 1.807) is 0 Å². The molecular weight excluding hydrogens is 223 g/mol. The quantitative estimate of drug-likeness (QED) is 0.328. The monoisotopic (exact) mass is 229 g/mol. The van der Waals surface area contributed by atoms with Crippen LogP contribution in [-0.2, 0) is 8.53 Å². The van der Waals surface area contributed by atoms with Crippen LogP contribution in [0.2, 0.25) is 5.71 Å². The third-order valence-electron chi connectivity index (χ3n) is 0. The van der Waals surface area contributed by atoms with Gasteiger partial charge < -0.3 is 5.73 Å². The maximum absolute atomic E-state index is 9.16. The third kappa shape index (κ3) is 244. The fraction of sp³-hybridized carbons (Fsp3) is 0.500. The zero-order valence-electron chi connectivity index (χ0n) is 6.23. The van der Waals surface area contributed by atoms with Crippen LogP contribution in [0.3, 0.4) is 0 Å². The standard InChI is InChI=1S/CH5AsO3.CH3NO.2Na/c1-2(3,4)5;2-1-3;;/h1H3,(H2,3,4,5);1H,(H2,2,3);;/q;;2*+1/p-2. The van der Waals surface area contributed by atoms with Crippen molar-refractivity contribution in [2.75, 3.05) is 0 Å². The van der Waals surface area contributed by atoms with Crippen LogP contribution in [0, 0.1) is 0 Å². The van der Waals surface area contributed by atoms with Crippen molar-refractivity contribution in [3.63, 3.8) is 0 Å². The fourth-order valence-electron chi connectivity index (χ4n) is 0. The number of hydrogen-bond donors (Lipinski definition) is 1. The SMILES string of the molecule is C[As](=O)([O-])[O-].NC=O.[Na+].[Na+]. The summed E-state index contributed by atoms with van der Waals surface area (Å²) >= 11 is -4.62. The number of carbonyl (C=O) groups is 1. The molecule has 0 aromatic carbocycles. The van der Waals surface area contributed by atoms with Crippen molar-refractivity contribution in [2.45, 2.75) is 5.71 Å². The van der Waals surface area contributed by atoms with Gasteiger partial charge in [0.1, 0.15) is 0 Å².